The van der Waals surface area contributed by atoms with E-state index in [9.17, 15) is 4.79 Å². The first kappa shape index (κ1) is 20.4. The highest BCUT2D eigenvalue weighted by molar-refractivity contribution is 5.85. The van der Waals surface area contributed by atoms with Gasteiger partial charge in [-0.1, -0.05) is 60.7 Å². The Morgan fingerprint density at radius 2 is 1.69 bits per heavy atom. The van der Waals surface area contributed by atoms with Gasteiger partial charge in [-0.25, -0.2) is 0 Å². The van der Waals surface area contributed by atoms with Crippen LogP contribution in [0, 0.1) is 0 Å². The third-order valence-electron chi connectivity index (χ3n) is 4.98. The normalized spacial score (nSPS) is 19.8. The minimum atomic E-state index is 0. The zero-order valence-corrected chi connectivity index (χ0v) is 16.1. The van der Waals surface area contributed by atoms with E-state index in [0.29, 0.717) is 19.0 Å². The van der Waals surface area contributed by atoms with Gasteiger partial charge in [0.25, 0.3) is 0 Å². The van der Waals surface area contributed by atoms with Gasteiger partial charge in [-0.2, -0.15) is 0 Å². The third kappa shape index (κ3) is 5.07. The lowest BCUT2D eigenvalue weighted by Crippen LogP contribution is -2.40. The lowest BCUT2D eigenvalue weighted by atomic mass is 9.95. The molecule has 0 bridgehead atoms. The van der Waals surface area contributed by atoms with E-state index in [2.05, 4.69) is 41.3 Å². The molecule has 1 aliphatic rings. The summed E-state index contributed by atoms with van der Waals surface area (Å²) < 4.78 is 0. The molecule has 0 aliphatic carbocycles. The standard InChI is InChI=1S/C21H27N3O.ClH/c1-2-24(13-17-9-5-3-6-10-17)21(25)16-23-14-19(20(22)15-23)18-11-7-4-8-12-18;/h3-12,19-20H,2,13-16,22H2,1H3;1H/t19-,20+;/m0./s1. The lowest BCUT2D eigenvalue weighted by Gasteiger charge is -2.24. The summed E-state index contributed by atoms with van der Waals surface area (Å²) in [5, 5.41) is 0. The maximum absolute atomic E-state index is 12.7. The molecule has 2 N–H and O–H groups in total. The molecule has 1 heterocycles. The number of nitrogens with two attached hydrogens (primary N) is 1. The minimum absolute atomic E-state index is 0. The average Bonchev–Trinajstić information content (AvgIpc) is 3.01. The highest BCUT2D eigenvalue weighted by atomic mass is 35.5. The Bertz CT molecular complexity index is 680. The molecule has 0 radical (unpaired) electrons. The zero-order chi connectivity index (χ0) is 17.6. The molecule has 140 valence electrons. The number of likely N-dealkylation sites (tertiary alicyclic amines) is 1. The van der Waals surface area contributed by atoms with E-state index >= 15 is 0 Å². The van der Waals surface area contributed by atoms with Crippen LogP contribution in [0.4, 0.5) is 0 Å². The summed E-state index contributed by atoms with van der Waals surface area (Å²) in [4.78, 5) is 16.8. The van der Waals surface area contributed by atoms with Crippen molar-refractivity contribution in [3.63, 3.8) is 0 Å². The Morgan fingerprint density at radius 3 is 2.31 bits per heavy atom. The molecule has 0 unspecified atom stereocenters. The van der Waals surface area contributed by atoms with Gasteiger partial charge in [0.05, 0.1) is 6.54 Å². The van der Waals surface area contributed by atoms with Crippen LogP contribution in [0.1, 0.15) is 24.0 Å². The van der Waals surface area contributed by atoms with Crippen LogP contribution in [-0.4, -0.2) is 47.9 Å². The van der Waals surface area contributed by atoms with Crippen LogP contribution in [0.15, 0.2) is 60.7 Å². The van der Waals surface area contributed by atoms with Gasteiger partial charge < -0.3 is 10.6 Å². The van der Waals surface area contributed by atoms with E-state index in [-0.39, 0.29) is 24.4 Å². The Balaban J connectivity index is 0.00000243. The summed E-state index contributed by atoms with van der Waals surface area (Å²) in [7, 11) is 0. The molecule has 1 fully saturated rings. The van der Waals surface area contributed by atoms with E-state index in [0.717, 1.165) is 25.2 Å². The number of amides is 1. The monoisotopic (exact) mass is 373 g/mol. The van der Waals surface area contributed by atoms with Crippen molar-refractivity contribution < 1.29 is 4.79 Å². The van der Waals surface area contributed by atoms with Gasteiger partial charge in [-0.3, -0.25) is 9.69 Å². The summed E-state index contributed by atoms with van der Waals surface area (Å²) in [6.07, 6.45) is 0. The van der Waals surface area contributed by atoms with Crippen molar-refractivity contribution in [2.75, 3.05) is 26.2 Å². The number of carbonyl (C=O) groups excluding carboxylic acids is 1. The summed E-state index contributed by atoms with van der Waals surface area (Å²) in [5.41, 5.74) is 8.77. The molecule has 2 aromatic carbocycles. The Morgan fingerprint density at radius 1 is 1.08 bits per heavy atom. The van der Waals surface area contributed by atoms with E-state index in [1.165, 1.54) is 5.56 Å². The molecule has 0 aromatic heterocycles. The van der Waals surface area contributed by atoms with Gasteiger partial charge in [-0.15, -0.1) is 12.4 Å². The molecule has 0 spiro atoms. The second kappa shape index (κ2) is 9.72. The van der Waals surface area contributed by atoms with Crippen LogP contribution in [0.5, 0.6) is 0 Å². The van der Waals surface area contributed by atoms with Crippen molar-refractivity contribution in [2.24, 2.45) is 5.73 Å². The van der Waals surface area contributed by atoms with Crippen molar-refractivity contribution >= 4 is 18.3 Å². The fourth-order valence-electron chi connectivity index (χ4n) is 3.57. The number of hydrogen-bond acceptors (Lipinski definition) is 3. The first-order valence-electron chi connectivity index (χ1n) is 9.02. The number of likely N-dealkylation sites (N-methyl/N-ethyl adjacent to an activating group) is 1. The van der Waals surface area contributed by atoms with Gasteiger partial charge in [0.1, 0.15) is 0 Å². The molecule has 1 aliphatic heterocycles. The largest absolute Gasteiger partial charge is 0.338 e. The topological polar surface area (TPSA) is 49.6 Å². The van der Waals surface area contributed by atoms with Crippen molar-refractivity contribution in [3.05, 3.63) is 71.8 Å². The molecule has 2 atom stereocenters. The van der Waals surface area contributed by atoms with Crippen molar-refractivity contribution in [3.8, 4) is 0 Å². The highest BCUT2D eigenvalue weighted by Crippen LogP contribution is 2.26. The van der Waals surface area contributed by atoms with Crippen molar-refractivity contribution in [1.82, 2.24) is 9.80 Å². The van der Waals surface area contributed by atoms with Gasteiger partial charge in [0.15, 0.2) is 0 Å². The third-order valence-corrected chi connectivity index (χ3v) is 4.98. The SMILES string of the molecule is CCN(Cc1ccccc1)C(=O)CN1C[C@@H](N)[C@H](c2ccccc2)C1.Cl. The molecular weight excluding hydrogens is 346 g/mol. The van der Waals surface area contributed by atoms with Crippen LogP contribution >= 0.6 is 12.4 Å². The zero-order valence-electron chi connectivity index (χ0n) is 15.3. The second-order valence-electron chi connectivity index (χ2n) is 6.77. The van der Waals surface area contributed by atoms with Crippen molar-refractivity contribution in [2.45, 2.75) is 25.4 Å². The van der Waals surface area contributed by atoms with Crippen LogP contribution in [0.2, 0.25) is 0 Å². The fourth-order valence-corrected chi connectivity index (χ4v) is 3.57. The van der Waals surface area contributed by atoms with Gasteiger partial charge in [0.2, 0.25) is 5.91 Å². The van der Waals surface area contributed by atoms with Crippen LogP contribution in [0.3, 0.4) is 0 Å². The van der Waals surface area contributed by atoms with E-state index in [1.54, 1.807) is 0 Å². The molecule has 3 rings (SSSR count). The quantitative estimate of drug-likeness (QED) is 0.847. The predicted molar refractivity (Wildman–Crippen MR) is 108 cm³/mol. The van der Waals surface area contributed by atoms with Gasteiger partial charge >= 0.3 is 0 Å². The fraction of sp³-hybridized carbons (Fsp3) is 0.381. The summed E-state index contributed by atoms with van der Waals surface area (Å²) in [5.74, 6) is 0.477. The summed E-state index contributed by atoms with van der Waals surface area (Å²) >= 11 is 0. The number of hydrogen-bond donors (Lipinski definition) is 1. The summed E-state index contributed by atoms with van der Waals surface area (Å²) in [6.45, 7) is 5.48. The smallest absolute Gasteiger partial charge is 0.237 e. The van der Waals surface area contributed by atoms with Crippen molar-refractivity contribution in [1.29, 1.82) is 0 Å². The van der Waals surface area contributed by atoms with Gasteiger partial charge in [-0.05, 0) is 18.1 Å². The lowest BCUT2D eigenvalue weighted by molar-refractivity contribution is -0.132. The highest BCUT2D eigenvalue weighted by Gasteiger charge is 2.32. The first-order chi connectivity index (χ1) is 12.2. The number of halogens is 1. The number of carbonyl (C=O) groups is 1. The van der Waals surface area contributed by atoms with Crippen LogP contribution < -0.4 is 5.73 Å². The molecule has 4 nitrogen and oxygen atoms in total. The van der Waals surface area contributed by atoms with Gasteiger partial charge in [0, 0.05) is 38.1 Å². The van der Waals surface area contributed by atoms with E-state index in [1.807, 2.05) is 36.1 Å². The maximum atomic E-state index is 12.7. The maximum Gasteiger partial charge on any atom is 0.237 e. The second-order valence-corrected chi connectivity index (χ2v) is 6.77. The molecule has 26 heavy (non-hydrogen) atoms. The number of rotatable bonds is 6. The Kier molecular flexibility index (Phi) is 7.64. The van der Waals surface area contributed by atoms with E-state index in [4.69, 9.17) is 5.73 Å². The first-order valence-corrected chi connectivity index (χ1v) is 9.02. The van der Waals surface area contributed by atoms with Crippen LogP contribution in [-0.2, 0) is 11.3 Å². The average molecular weight is 374 g/mol. The predicted octanol–water partition coefficient (Wildman–Crippen LogP) is 2.88. The number of nitrogens with zero attached hydrogens (tertiary/aromatic N) is 2. The van der Waals surface area contributed by atoms with Crippen LogP contribution in [0.25, 0.3) is 0 Å². The molecule has 5 heteroatoms. The Hall–Kier alpha value is -1.88. The molecular formula is C21H28ClN3O. The number of benzene rings is 2. The molecule has 1 saturated heterocycles. The summed E-state index contributed by atoms with van der Waals surface area (Å²) in [6, 6.07) is 20.6. The molecule has 1 amide bonds. The molecule has 0 saturated carbocycles. The van der Waals surface area contributed by atoms with E-state index < -0.39 is 0 Å². The molecule has 2 aromatic rings. The minimum Gasteiger partial charge on any atom is -0.338 e. The Labute approximate surface area is 162 Å².